The summed E-state index contributed by atoms with van der Waals surface area (Å²) in [5.41, 5.74) is 3.33. The predicted molar refractivity (Wildman–Crippen MR) is 63.4 cm³/mol. The summed E-state index contributed by atoms with van der Waals surface area (Å²) in [4.78, 5) is 14.1. The van der Waals surface area contributed by atoms with Crippen molar-refractivity contribution >= 4 is 11.2 Å². The maximum atomic E-state index is 4.38. The van der Waals surface area contributed by atoms with E-state index in [0.717, 1.165) is 11.2 Å². The zero-order valence-corrected chi connectivity index (χ0v) is 9.48. The van der Waals surface area contributed by atoms with Gasteiger partial charge in [-0.15, -0.1) is 0 Å². The summed E-state index contributed by atoms with van der Waals surface area (Å²) in [5.74, 6) is 0.644. The summed E-state index contributed by atoms with van der Waals surface area (Å²) < 4.78 is 0. The summed E-state index contributed by atoms with van der Waals surface area (Å²) >= 11 is 0. The third-order valence-electron chi connectivity index (χ3n) is 3.51. The molecule has 0 unspecified atom stereocenters. The summed E-state index contributed by atoms with van der Waals surface area (Å²) in [6.07, 6.45) is 6.06. The molecule has 3 rings (SSSR count). The molecule has 1 N–H and O–H groups in total. The molecular weight excluding hydrogens is 200 g/mol. The zero-order chi connectivity index (χ0) is 11.0. The number of fused-ring (bicyclic) bond motifs is 1. The zero-order valence-electron chi connectivity index (χ0n) is 9.48. The van der Waals surface area contributed by atoms with Crippen molar-refractivity contribution in [3.05, 3.63) is 24.2 Å². The minimum Gasteiger partial charge on any atom is -0.329 e. The lowest BCUT2D eigenvalue weighted by Gasteiger charge is -2.29. The van der Waals surface area contributed by atoms with Gasteiger partial charge >= 0.3 is 0 Å². The Labute approximate surface area is 94.7 Å². The maximum Gasteiger partial charge on any atom is 0.157 e. The molecule has 0 spiro atoms. The molecule has 0 aromatic carbocycles. The predicted octanol–water partition coefficient (Wildman–Crippen LogP) is 1.77. The lowest BCUT2D eigenvalue weighted by Crippen LogP contribution is -2.29. The highest BCUT2D eigenvalue weighted by Gasteiger charge is 2.20. The Kier molecular flexibility index (Phi) is 2.36. The van der Waals surface area contributed by atoms with E-state index >= 15 is 0 Å². The second-order valence-corrected chi connectivity index (χ2v) is 4.58. The number of piperidine rings is 1. The Morgan fingerprint density at radius 3 is 2.94 bits per heavy atom. The van der Waals surface area contributed by atoms with Crippen LogP contribution >= 0.6 is 0 Å². The van der Waals surface area contributed by atoms with Crippen molar-refractivity contribution in [2.75, 3.05) is 20.1 Å². The topological polar surface area (TPSA) is 44.8 Å². The van der Waals surface area contributed by atoms with Gasteiger partial charge in [0.15, 0.2) is 5.65 Å². The first-order valence-electron chi connectivity index (χ1n) is 5.81. The fourth-order valence-electron chi connectivity index (χ4n) is 2.52. The molecule has 0 bridgehead atoms. The standard InChI is InChI=1S/C12H16N4/c1-16-6-3-9(4-7-16)10-2-5-13-12-11(10)14-8-15-12/h2,5,8-9H,3-4,6-7H2,1H3,(H,13,14,15). The van der Waals surface area contributed by atoms with Gasteiger partial charge in [0.05, 0.1) is 6.33 Å². The van der Waals surface area contributed by atoms with E-state index < -0.39 is 0 Å². The quantitative estimate of drug-likeness (QED) is 0.790. The molecule has 0 radical (unpaired) electrons. The fourth-order valence-corrected chi connectivity index (χ4v) is 2.52. The number of likely N-dealkylation sites (tertiary alicyclic amines) is 1. The van der Waals surface area contributed by atoms with Crippen LogP contribution in [0.2, 0.25) is 0 Å². The first-order chi connectivity index (χ1) is 7.84. The first kappa shape index (κ1) is 9.78. The monoisotopic (exact) mass is 216 g/mol. The average molecular weight is 216 g/mol. The number of H-pyrrole nitrogens is 1. The van der Waals surface area contributed by atoms with Crippen molar-refractivity contribution in [3.63, 3.8) is 0 Å². The molecule has 2 aromatic heterocycles. The summed E-state index contributed by atoms with van der Waals surface area (Å²) in [5, 5.41) is 0. The molecule has 1 fully saturated rings. The van der Waals surface area contributed by atoms with Gasteiger partial charge in [0.2, 0.25) is 0 Å². The smallest absolute Gasteiger partial charge is 0.157 e. The lowest BCUT2D eigenvalue weighted by molar-refractivity contribution is 0.256. The van der Waals surface area contributed by atoms with Gasteiger partial charge in [0, 0.05) is 6.20 Å². The van der Waals surface area contributed by atoms with Crippen LogP contribution in [-0.2, 0) is 0 Å². The SMILES string of the molecule is CN1CCC(c2ccnc3[nH]cnc23)CC1. The fraction of sp³-hybridized carbons (Fsp3) is 0.500. The van der Waals surface area contributed by atoms with Crippen LogP contribution in [0.4, 0.5) is 0 Å². The van der Waals surface area contributed by atoms with E-state index in [1.807, 2.05) is 6.20 Å². The van der Waals surface area contributed by atoms with Crippen molar-refractivity contribution in [1.82, 2.24) is 19.9 Å². The van der Waals surface area contributed by atoms with Crippen LogP contribution in [0.1, 0.15) is 24.3 Å². The van der Waals surface area contributed by atoms with Gasteiger partial charge in [0.1, 0.15) is 5.52 Å². The first-order valence-corrected chi connectivity index (χ1v) is 5.81. The van der Waals surface area contributed by atoms with E-state index in [4.69, 9.17) is 0 Å². The van der Waals surface area contributed by atoms with Crippen LogP contribution < -0.4 is 0 Å². The summed E-state index contributed by atoms with van der Waals surface area (Å²) in [7, 11) is 2.19. The van der Waals surface area contributed by atoms with Gasteiger partial charge in [-0.3, -0.25) is 0 Å². The molecule has 16 heavy (non-hydrogen) atoms. The van der Waals surface area contributed by atoms with Crippen molar-refractivity contribution in [3.8, 4) is 0 Å². The maximum absolute atomic E-state index is 4.38. The normalized spacial score (nSPS) is 19.3. The Balaban J connectivity index is 1.96. The molecule has 0 aliphatic carbocycles. The van der Waals surface area contributed by atoms with Crippen molar-refractivity contribution in [2.45, 2.75) is 18.8 Å². The van der Waals surface area contributed by atoms with Gasteiger partial charge in [-0.25, -0.2) is 9.97 Å². The number of aromatic nitrogens is 3. The molecule has 1 aliphatic rings. The molecule has 3 heterocycles. The lowest BCUT2D eigenvalue weighted by atomic mass is 9.89. The van der Waals surface area contributed by atoms with Gasteiger partial charge < -0.3 is 9.88 Å². The molecule has 1 aliphatic heterocycles. The highest BCUT2D eigenvalue weighted by Crippen LogP contribution is 2.30. The number of pyridine rings is 1. The van der Waals surface area contributed by atoms with Crippen molar-refractivity contribution < 1.29 is 0 Å². The van der Waals surface area contributed by atoms with E-state index in [-0.39, 0.29) is 0 Å². The minimum absolute atomic E-state index is 0.644. The number of rotatable bonds is 1. The van der Waals surface area contributed by atoms with Crippen molar-refractivity contribution in [2.24, 2.45) is 0 Å². The van der Waals surface area contributed by atoms with Crippen LogP contribution in [0, 0.1) is 0 Å². The molecular formula is C12H16N4. The van der Waals surface area contributed by atoms with Gasteiger partial charge in [-0.2, -0.15) is 0 Å². The molecule has 2 aromatic rings. The molecule has 0 saturated carbocycles. The minimum atomic E-state index is 0.644. The Bertz CT molecular complexity index is 482. The van der Waals surface area contributed by atoms with E-state index in [0.29, 0.717) is 5.92 Å². The second-order valence-electron chi connectivity index (χ2n) is 4.58. The van der Waals surface area contributed by atoms with E-state index in [1.165, 1.54) is 31.5 Å². The van der Waals surface area contributed by atoms with Gasteiger partial charge in [0.25, 0.3) is 0 Å². The van der Waals surface area contributed by atoms with Crippen LogP contribution in [-0.4, -0.2) is 40.0 Å². The Hall–Kier alpha value is -1.42. The molecule has 1 saturated heterocycles. The Morgan fingerprint density at radius 1 is 1.31 bits per heavy atom. The number of nitrogens with one attached hydrogen (secondary N) is 1. The number of nitrogens with zero attached hydrogens (tertiary/aromatic N) is 3. The van der Waals surface area contributed by atoms with Crippen LogP contribution in [0.5, 0.6) is 0 Å². The average Bonchev–Trinajstić information content (AvgIpc) is 2.78. The molecule has 84 valence electrons. The Morgan fingerprint density at radius 2 is 2.12 bits per heavy atom. The molecule has 0 amide bonds. The van der Waals surface area contributed by atoms with E-state index in [2.05, 4.69) is 33.0 Å². The highest BCUT2D eigenvalue weighted by molar-refractivity contribution is 5.74. The van der Waals surface area contributed by atoms with Crippen molar-refractivity contribution in [1.29, 1.82) is 0 Å². The number of aromatic amines is 1. The third kappa shape index (κ3) is 1.59. The van der Waals surface area contributed by atoms with Gasteiger partial charge in [-0.1, -0.05) is 0 Å². The molecule has 4 nitrogen and oxygen atoms in total. The number of hydrogen-bond donors (Lipinski definition) is 1. The van der Waals surface area contributed by atoms with E-state index in [1.54, 1.807) is 6.33 Å². The van der Waals surface area contributed by atoms with E-state index in [9.17, 15) is 0 Å². The number of imidazole rings is 1. The summed E-state index contributed by atoms with van der Waals surface area (Å²) in [6, 6.07) is 2.12. The second kappa shape index (κ2) is 3.87. The van der Waals surface area contributed by atoms with Crippen LogP contribution in [0.15, 0.2) is 18.6 Å². The highest BCUT2D eigenvalue weighted by atomic mass is 15.1. The largest absolute Gasteiger partial charge is 0.329 e. The summed E-state index contributed by atoms with van der Waals surface area (Å²) in [6.45, 7) is 2.36. The third-order valence-corrected chi connectivity index (χ3v) is 3.51. The van der Waals surface area contributed by atoms with Crippen LogP contribution in [0.25, 0.3) is 11.2 Å². The number of hydrogen-bond acceptors (Lipinski definition) is 3. The van der Waals surface area contributed by atoms with Gasteiger partial charge in [-0.05, 0) is 50.5 Å². The molecule has 4 heteroatoms. The van der Waals surface area contributed by atoms with Crippen LogP contribution in [0.3, 0.4) is 0 Å². The molecule has 0 atom stereocenters.